The molecular formula is C10H17N3. The van der Waals surface area contributed by atoms with Crippen LogP contribution in [-0.4, -0.2) is 17.6 Å². The summed E-state index contributed by atoms with van der Waals surface area (Å²) in [6.45, 7) is 6.80. The SMILES string of the molecule is Cc1cncc(C)c1NC(C)CN. The van der Waals surface area contributed by atoms with E-state index < -0.39 is 0 Å². The minimum absolute atomic E-state index is 0.305. The molecule has 0 amide bonds. The van der Waals surface area contributed by atoms with Gasteiger partial charge in [-0.2, -0.15) is 0 Å². The zero-order valence-corrected chi connectivity index (χ0v) is 8.46. The Morgan fingerprint density at radius 2 is 1.92 bits per heavy atom. The van der Waals surface area contributed by atoms with Crippen LogP contribution in [0.5, 0.6) is 0 Å². The molecule has 1 unspecified atom stereocenters. The van der Waals surface area contributed by atoms with Gasteiger partial charge in [-0.1, -0.05) is 0 Å². The van der Waals surface area contributed by atoms with E-state index in [1.165, 1.54) is 11.1 Å². The number of aryl methyl sites for hydroxylation is 2. The summed E-state index contributed by atoms with van der Waals surface area (Å²) in [4.78, 5) is 4.11. The van der Waals surface area contributed by atoms with Crippen LogP contribution < -0.4 is 11.1 Å². The van der Waals surface area contributed by atoms with Gasteiger partial charge in [0.15, 0.2) is 0 Å². The Bertz CT molecular complexity index is 263. The zero-order valence-electron chi connectivity index (χ0n) is 8.46. The van der Waals surface area contributed by atoms with Crippen molar-refractivity contribution in [3.05, 3.63) is 23.5 Å². The molecule has 0 aromatic carbocycles. The van der Waals surface area contributed by atoms with Crippen LogP contribution in [0.2, 0.25) is 0 Å². The van der Waals surface area contributed by atoms with E-state index in [1.807, 2.05) is 26.2 Å². The van der Waals surface area contributed by atoms with E-state index in [0.29, 0.717) is 12.6 Å². The summed E-state index contributed by atoms with van der Waals surface area (Å²) in [7, 11) is 0. The summed E-state index contributed by atoms with van der Waals surface area (Å²) in [6.07, 6.45) is 3.72. The first-order valence-electron chi connectivity index (χ1n) is 4.53. The number of hydrogen-bond acceptors (Lipinski definition) is 3. The fraction of sp³-hybridized carbons (Fsp3) is 0.500. The molecule has 0 saturated heterocycles. The maximum atomic E-state index is 5.54. The molecule has 0 aliphatic carbocycles. The second kappa shape index (κ2) is 4.23. The van der Waals surface area contributed by atoms with Gasteiger partial charge in [-0.3, -0.25) is 4.98 Å². The molecule has 1 heterocycles. The highest BCUT2D eigenvalue weighted by Gasteiger charge is 2.04. The van der Waals surface area contributed by atoms with Crippen LogP contribution in [0.15, 0.2) is 12.4 Å². The maximum Gasteiger partial charge on any atom is 0.0433 e. The Morgan fingerprint density at radius 1 is 1.38 bits per heavy atom. The highest BCUT2D eigenvalue weighted by Crippen LogP contribution is 2.18. The third-order valence-electron chi connectivity index (χ3n) is 2.07. The second-order valence-electron chi connectivity index (χ2n) is 3.43. The predicted octanol–water partition coefficient (Wildman–Crippen LogP) is 1.46. The molecule has 0 fully saturated rings. The van der Waals surface area contributed by atoms with Crippen molar-refractivity contribution in [3.8, 4) is 0 Å². The molecule has 0 spiro atoms. The molecule has 0 bridgehead atoms. The lowest BCUT2D eigenvalue weighted by Crippen LogP contribution is -2.26. The number of hydrogen-bond donors (Lipinski definition) is 2. The first-order valence-corrected chi connectivity index (χ1v) is 4.53. The average molecular weight is 179 g/mol. The van der Waals surface area contributed by atoms with Gasteiger partial charge in [0.05, 0.1) is 0 Å². The van der Waals surface area contributed by atoms with Gasteiger partial charge >= 0.3 is 0 Å². The van der Waals surface area contributed by atoms with Crippen molar-refractivity contribution in [3.63, 3.8) is 0 Å². The molecule has 3 nitrogen and oxygen atoms in total. The Kier molecular flexibility index (Phi) is 3.25. The molecule has 1 aromatic rings. The average Bonchev–Trinajstić information content (AvgIpc) is 2.11. The van der Waals surface area contributed by atoms with Gasteiger partial charge in [-0.25, -0.2) is 0 Å². The summed E-state index contributed by atoms with van der Waals surface area (Å²) < 4.78 is 0. The number of pyridine rings is 1. The van der Waals surface area contributed by atoms with E-state index in [2.05, 4.69) is 17.2 Å². The maximum absolute atomic E-state index is 5.54. The minimum Gasteiger partial charge on any atom is -0.381 e. The third-order valence-corrected chi connectivity index (χ3v) is 2.07. The highest BCUT2D eigenvalue weighted by molar-refractivity contribution is 5.55. The van der Waals surface area contributed by atoms with Crippen molar-refractivity contribution >= 4 is 5.69 Å². The van der Waals surface area contributed by atoms with Crippen molar-refractivity contribution in [1.82, 2.24) is 4.98 Å². The molecule has 3 heteroatoms. The molecule has 1 rings (SSSR count). The van der Waals surface area contributed by atoms with Crippen molar-refractivity contribution in [1.29, 1.82) is 0 Å². The van der Waals surface area contributed by atoms with Crippen LogP contribution in [0.1, 0.15) is 18.1 Å². The lowest BCUT2D eigenvalue weighted by molar-refractivity contribution is 0.801. The first-order chi connectivity index (χ1) is 6.15. The number of anilines is 1. The van der Waals surface area contributed by atoms with Crippen LogP contribution in [0.25, 0.3) is 0 Å². The number of nitrogens with two attached hydrogens (primary N) is 1. The van der Waals surface area contributed by atoms with E-state index in [0.717, 1.165) is 5.69 Å². The molecule has 1 aromatic heterocycles. The van der Waals surface area contributed by atoms with Gasteiger partial charge in [0.2, 0.25) is 0 Å². The van der Waals surface area contributed by atoms with Gasteiger partial charge in [0.1, 0.15) is 0 Å². The second-order valence-corrected chi connectivity index (χ2v) is 3.43. The van der Waals surface area contributed by atoms with Crippen molar-refractivity contribution in [2.24, 2.45) is 5.73 Å². The van der Waals surface area contributed by atoms with E-state index in [1.54, 1.807) is 0 Å². The van der Waals surface area contributed by atoms with Crippen molar-refractivity contribution in [2.75, 3.05) is 11.9 Å². The Balaban J connectivity index is 2.87. The number of nitrogens with one attached hydrogen (secondary N) is 1. The molecular weight excluding hydrogens is 162 g/mol. The Labute approximate surface area is 79.4 Å². The quantitative estimate of drug-likeness (QED) is 0.738. The van der Waals surface area contributed by atoms with Crippen LogP contribution in [0, 0.1) is 13.8 Å². The number of aromatic nitrogens is 1. The fourth-order valence-corrected chi connectivity index (χ4v) is 1.23. The largest absolute Gasteiger partial charge is 0.381 e. The summed E-state index contributed by atoms with van der Waals surface area (Å²) in [5.74, 6) is 0. The fourth-order valence-electron chi connectivity index (χ4n) is 1.23. The topological polar surface area (TPSA) is 50.9 Å². The van der Waals surface area contributed by atoms with Gasteiger partial charge in [-0.05, 0) is 31.9 Å². The predicted molar refractivity (Wildman–Crippen MR) is 55.9 cm³/mol. The molecule has 0 saturated carbocycles. The van der Waals surface area contributed by atoms with Crippen LogP contribution in [-0.2, 0) is 0 Å². The Hall–Kier alpha value is -1.09. The van der Waals surface area contributed by atoms with Crippen LogP contribution in [0.4, 0.5) is 5.69 Å². The molecule has 0 radical (unpaired) electrons. The molecule has 13 heavy (non-hydrogen) atoms. The number of nitrogens with zero attached hydrogens (tertiary/aromatic N) is 1. The lowest BCUT2D eigenvalue weighted by Gasteiger charge is -2.16. The normalized spacial score (nSPS) is 12.6. The van der Waals surface area contributed by atoms with E-state index in [9.17, 15) is 0 Å². The zero-order chi connectivity index (χ0) is 9.84. The van der Waals surface area contributed by atoms with Gasteiger partial charge in [0, 0.05) is 30.7 Å². The van der Waals surface area contributed by atoms with Crippen molar-refractivity contribution in [2.45, 2.75) is 26.8 Å². The smallest absolute Gasteiger partial charge is 0.0433 e. The summed E-state index contributed by atoms with van der Waals surface area (Å²) in [5.41, 5.74) is 9.04. The summed E-state index contributed by atoms with van der Waals surface area (Å²) >= 11 is 0. The number of rotatable bonds is 3. The van der Waals surface area contributed by atoms with Crippen LogP contribution in [0.3, 0.4) is 0 Å². The van der Waals surface area contributed by atoms with Crippen molar-refractivity contribution < 1.29 is 0 Å². The lowest BCUT2D eigenvalue weighted by atomic mass is 10.1. The van der Waals surface area contributed by atoms with E-state index in [4.69, 9.17) is 5.73 Å². The van der Waals surface area contributed by atoms with E-state index >= 15 is 0 Å². The molecule has 3 N–H and O–H groups in total. The first kappa shape index (κ1) is 9.99. The third kappa shape index (κ3) is 2.42. The molecule has 1 atom stereocenters. The summed E-state index contributed by atoms with van der Waals surface area (Å²) in [5, 5.41) is 3.36. The van der Waals surface area contributed by atoms with Crippen LogP contribution >= 0.6 is 0 Å². The van der Waals surface area contributed by atoms with Gasteiger partial charge < -0.3 is 11.1 Å². The van der Waals surface area contributed by atoms with Gasteiger partial charge in [0.25, 0.3) is 0 Å². The Morgan fingerprint density at radius 3 is 2.38 bits per heavy atom. The van der Waals surface area contributed by atoms with E-state index in [-0.39, 0.29) is 0 Å². The summed E-state index contributed by atoms with van der Waals surface area (Å²) in [6, 6.07) is 0.305. The standard InChI is InChI=1S/C10H17N3/c1-7-5-12-6-8(2)10(7)13-9(3)4-11/h5-6,9H,4,11H2,1-3H3,(H,12,13). The van der Waals surface area contributed by atoms with Gasteiger partial charge in [-0.15, -0.1) is 0 Å². The monoisotopic (exact) mass is 179 g/mol. The highest BCUT2D eigenvalue weighted by atomic mass is 14.9. The minimum atomic E-state index is 0.305. The molecule has 72 valence electrons. The molecule has 0 aliphatic heterocycles. The molecule has 0 aliphatic rings.